The third kappa shape index (κ3) is 6.06. The van der Waals surface area contributed by atoms with Gasteiger partial charge in [0.2, 0.25) is 17.6 Å². The highest BCUT2D eigenvalue weighted by molar-refractivity contribution is 5.76. The number of unbranched alkanes of at least 4 members (excludes halogenated alkanes) is 2. The zero-order chi connectivity index (χ0) is 19.6. The van der Waals surface area contributed by atoms with E-state index in [9.17, 15) is 4.79 Å². The fourth-order valence-electron chi connectivity index (χ4n) is 2.78. The Hall–Kier alpha value is -2.41. The number of rotatable bonds is 11. The average Bonchev–Trinajstić information content (AvgIpc) is 3.19. The summed E-state index contributed by atoms with van der Waals surface area (Å²) in [6.07, 6.45) is 4.09. The van der Waals surface area contributed by atoms with Gasteiger partial charge in [0.1, 0.15) is 11.8 Å². The molecule has 2 atom stereocenters. The monoisotopic (exact) mass is 374 g/mol. The minimum absolute atomic E-state index is 0.00143. The SMILES string of the molecule is CC[C@H](C)[C@@H](NC(=O)CCCCCN)c1nc(-c2cccc(OC)c2)no1. The van der Waals surface area contributed by atoms with E-state index < -0.39 is 0 Å². The molecule has 0 spiro atoms. The average molecular weight is 374 g/mol. The van der Waals surface area contributed by atoms with Crippen molar-refractivity contribution in [3.63, 3.8) is 0 Å². The lowest BCUT2D eigenvalue weighted by Crippen LogP contribution is -2.32. The fourth-order valence-corrected chi connectivity index (χ4v) is 2.78. The first kappa shape index (κ1) is 20.9. The van der Waals surface area contributed by atoms with E-state index in [1.807, 2.05) is 24.3 Å². The van der Waals surface area contributed by atoms with E-state index in [4.69, 9.17) is 15.0 Å². The highest BCUT2D eigenvalue weighted by Gasteiger charge is 2.26. The van der Waals surface area contributed by atoms with Crippen molar-refractivity contribution in [1.82, 2.24) is 15.5 Å². The Bertz CT molecular complexity index is 717. The summed E-state index contributed by atoms with van der Waals surface area (Å²) in [6, 6.07) is 7.18. The van der Waals surface area contributed by atoms with Gasteiger partial charge >= 0.3 is 0 Å². The maximum Gasteiger partial charge on any atom is 0.249 e. The first-order valence-electron chi connectivity index (χ1n) is 9.56. The maximum atomic E-state index is 12.3. The van der Waals surface area contributed by atoms with Gasteiger partial charge in [-0.25, -0.2) is 0 Å². The first-order chi connectivity index (χ1) is 13.1. The highest BCUT2D eigenvalue weighted by atomic mass is 16.5. The molecule has 0 radical (unpaired) electrons. The van der Waals surface area contributed by atoms with E-state index in [1.54, 1.807) is 7.11 Å². The topological polar surface area (TPSA) is 103 Å². The Morgan fingerprint density at radius 2 is 2.15 bits per heavy atom. The van der Waals surface area contributed by atoms with E-state index in [-0.39, 0.29) is 17.9 Å². The molecule has 2 aromatic rings. The molecule has 27 heavy (non-hydrogen) atoms. The van der Waals surface area contributed by atoms with Gasteiger partial charge in [0.05, 0.1) is 7.11 Å². The van der Waals surface area contributed by atoms with Crippen LogP contribution in [0.4, 0.5) is 0 Å². The van der Waals surface area contributed by atoms with E-state index in [0.29, 0.717) is 24.7 Å². The number of ether oxygens (including phenoxy) is 1. The summed E-state index contributed by atoms with van der Waals surface area (Å²) in [5.74, 6) is 1.81. The summed E-state index contributed by atoms with van der Waals surface area (Å²) in [5.41, 5.74) is 6.30. The van der Waals surface area contributed by atoms with Crippen LogP contribution in [0.25, 0.3) is 11.4 Å². The first-order valence-corrected chi connectivity index (χ1v) is 9.56. The van der Waals surface area contributed by atoms with Crippen LogP contribution in [0, 0.1) is 5.92 Å². The van der Waals surface area contributed by atoms with Crippen LogP contribution in [0.15, 0.2) is 28.8 Å². The highest BCUT2D eigenvalue weighted by Crippen LogP contribution is 2.27. The van der Waals surface area contributed by atoms with Crippen LogP contribution < -0.4 is 15.8 Å². The number of methoxy groups -OCH3 is 1. The molecule has 7 heteroatoms. The number of benzene rings is 1. The van der Waals surface area contributed by atoms with Crippen molar-refractivity contribution < 1.29 is 14.1 Å². The fraction of sp³-hybridized carbons (Fsp3) is 0.550. The molecule has 1 amide bonds. The largest absolute Gasteiger partial charge is 0.497 e. The number of amides is 1. The zero-order valence-electron chi connectivity index (χ0n) is 16.4. The number of hydrogen-bond acceptors (Lipinski definition) is 6. The molecular weight excluding hydrogens is 344 g/mol. The van der Waals surface area contributed by atoms with Crippen molar-refractivity contribution in [2.24, 2.45) is 11.7 Å². The predicted molar refractivity (Wildman–Crippen MR) is 104 cm³/mol. The van der Waals surface area contributed by atoms with E-state index >= 15 is 0 Å². The predicted octanol–water partition coefficient (Wildman–Crippen LogP) is 3.47. The second-order valence-electron chi connectivity index (χ2n) is 6.72. The molecule has 0 unspecified atom stereocenters. The van der Waals surface area contributed by atoms with Crippen LogP contribution >= 0.6 is 0 Å². The Morgan fingerprint density at radius 3 is 2.85 bits per heavy atom. The van der Waals surface area contributed by atoms with Crippen molar-refractivity contribution in [3.05, 3.63) is 30.2 Å². The molecule has 1 aromatic carbocycles. The molecule has 2 rings (SSSR count). The zero-order valence-corrected chi connectivity index (χ0v) is 16.4. The second-order valence-corrected chi connectivity index (χ2v) is 6.72. The molecule has 0 bridgehead atoms. The number of nitrogens with one attached hydrogen (secondary N) is 1. The van der Waals surface area contributed by atoms with Crippen molar-refractivity contribution >= 4 is 5.91 Å². The number of carbonyl (C=O) groups excluding carboxylic acids is 1. The van der Waals surface area contributed by atoms with Crippen molar-refractivity contribution in [2.45, 2.75) is 52.0 Å². The summed E-state index contributed by atoms with van der Waals surface area (Å²) in [4.78, 5) is 16.8. The lowest BCUT2D eigenvalue weighted by molar-refractivity contribution is -0.122. The molecule has 1 heterocycles. The standard InChI is InChI=1S/C20H30N4O3/c1-4-14(2)18(22-17(25)11-6-5-7-12-21)20-23-19(24-27-20)15-9-8-10-16(13-15)26-3/h8-10,13-14,18H,4-7,11-12,21H2,1-3H3,(H,22,25)/t14-,18+/m0/s1. The summed E-state index contributed by atoms with van der Waals surface area (Å²) in [7, 11) is 1.61. The van der Waals surface area contributed by atoms with Gasteiger partial charge in [-0.2, -0.15) is 4.98 Å². The van der Waals surface area contributed by atoms with Crippen molar-refractivity contribution in [1.29, 1.82) is 0 Å². The maximum absolute atomic E-state index is 12.3. The molecule has 0 aliphatic rings. The molecule has 0 fully saturated rings. The van der Waals surface area contributed by atoms with Gasteiger partial charge in [-0.1, -0.05) is 44.0 Å². The smallest absolute Gasteiger partial charge is 0.249 e. The molecule has 0 saturated carbocycles. The molecule has 1 aromatic heterocycles. The van der Waals surface area contributed by atoms with Crippen molar-refractivity contribution in [2.75, 3.05) is 13.7 Å². The number of aromatic nitrogens is 2. The number of hydrogen-bond donors (Lipinski definition) is 2. The summed E-state index contributed by atoms with van der Waals surface area (Å²) >= 11 is 0. The molecule has 3 N–H and O–H groups in total. The van der Waals surface area contributed by atoms with Gasteiger partial charge in [-0.15, -0.1) is 0 Å². The number of nitrogens with two attached hydrogens (primary N) is 1. The van der Waals surface area contributed by atoms with Gasteiger partial charge in [0.25, 0.3) is 0 Å². The Labute approximate surface area is 160 Å². The summed E-state index contributed by atoms with van der Waals surface area (Å²) < 4.78 is 10.7. The van der Waals surface area contributed by atoms with Gasteiger partial charge in [0.15, 0.2) is 0 Å². The van der Waals surface area contributed by atoms with Crippen LogP contribution in [-0.4, -0.2) is 29.7 Å². The molecular formula is C20H30N4O3. The molecule has 0 aliphatic heterocycles. The van der Waals surface area contributed by atoms with Gasteiger partial charge in [-0.3, -0.25) is 4.79 Å². The van der Waals surface area contributed by atoms with Gasteiger partial charge < -0.3 is 20.3 Å². The molecule has 0 saturated heterocycles. The van der Waals surface area contributed by atoms with E-state index in [2.05, 4.69) is 29.3 Å². The third-order valence-electron chi connectivity index (χ3n) is 4.67. The quantitative estimate of drug-likeness (QED) is 0.584. The van der Waals surface area contributed by atoms with Crippen LogP contribution in [0.5, 0.6) is 5.75 Å². The third-order valence-corrected chi connectivity index (χ3v) is 4.67. The van der Waals surface area contributed by atoms with Crippen LogP contribution in [-0.2, 0) is 4.79 Å². The van der Waals surface area contributed by atoms with Gasteiger partial charge in [0, 0.05) is 12.0 Å². The summed E-state index contributed by atoms with van der Waals surface area (Å²) in [5, 5.41) is 7.14. The van der Waals surface area contributed by atoms with Gasteiger partial charge in [-0.05, 0) is 37.4 Å². The lowest BCUT2D eigenvalue weighted by atomic mass is 9.98. The van der Waals surface area contributed by atoms with Crippen molar-refractivity contribution in [3.8, 4) is 17.1 Å². The van der Waals surface area contributed by atoms with Crippen LogP contribution in [0.3, 0.4) is 0 Å². The second kappa shape index (κ2) is 10.7. The minimum Gasteiger partial charge on any atom is -0.497 e. The Balaban J connectivity index is 2.10. The minimum atomic E-state index is -0.302. The van der Waals surface area contributed by atoms with Crippen LogP contribution in [0.2, 0.25) is 0 Å². The molecule has 148 valence electrons. The molecule has 0 aliphatic carbocycles. The summed E-state index contributed by atoms with van der Waals surface area (Å²) in [6.45, 7) is 4.80. The lowest BCUT2D eigenvalue weighted by Gasteiger charge is -2.20. The normalized spacial score (nSPS) is 13.2. The van der Waals surface area contributed by atoms with E-state index in [1.165, 1.54) is 0 Å². The number of nitrogens with zero attached hydrogens (tertiary/aromatic N) is 2. The Morgan fingerprint density at radius 1 is 1.33 bits per heavy atom. The number of carbonyl (C=O) groups is 1. The van der Waals surface area contributed by atoms with E-state index in [0.717, 1.165) is 37.0 Å². The molecule has 7 nitrogen and oxygen atoms in total. The Kier molecular flexibility index (Phi) is 8.26. The van der Waals surface area contributed by atoms with Crippen LogP contribution in [0.1, 0.15) is 57.9 Å².